The summed E-state index contributed by atoms with van der Waals surface area (Å²) in [7, 11) is 0. The molecule has 1 saturated heterocycles. The van der Waals surface area contributed by atoms with Crippen LogP contribution in [0.1, 0.15) is 6.92 Å². The number of hydrogen-bond acceptors (Lipinski definition) is 6. The molecule has 1 heterocycles. The molecule has 1 fully saturated rings. The molecule has 0 spiro atoms. The van der Waals surface area contributed by atoms with Crippen molar-refractivity contribution in [1.29, 1.82) is 0 Å². The van der Waals surface area contributed by atoms with Crippen molar-refractivity contribution in [3.8, 4) is 0 Å². The number of rotatable bonds is 2. The molecule has 7 nitrogen and oxygen atoms in total. The highest BCUT2D eigenvalue weighted by molar-refractivity contribution is 5.73. The van der Waals surface area contributed by atoms with E-state index in [0.29, 0.717) is 0 Å². The molecule has 7 heteroatoms. The van der Waals surface area contributed by atoms with Gasteiger partial charge in [0.2, 0.25) is 5.91 Å². The quantitative estimate of drug-likeness (QED) is 0.337. The third-order valence-electron chi connectivity index (χ3n) is 2.27. The van der Waals surface area contributed by atoms with Crippen molar-refractivity contribution in [2.24, 2.45) is 0 Å². The first-order valence-corrected chi connectivity index (χ1v) is 4.55. The summed E-state index contributed by atoms with van der Waals surface area (Å²) >= 11 is 0. The number of carbonyl (C=O) groups is 1. The molecular formula is C8H15NO6. The van der Waals surface area contributed by atoms with Gasteiger partial charge in [-0.3, -0.25) is 4.79 Å². The molecule has 5 N–H and O–H groups in total. The van der Waals surface area contributed by atoms with Crippen LogP contribution in [0.3, 0.4) is 0 Å². The standard InChI is InChI=1S/C8H15NO6/c1-3(11)9-5-7(13)6(12)4(2-10)15-8(5)14/h4-8,10,12-14H,2H2,1H3,(H,9,11)/t4?,5?,6-,7-,8+/m0/s1. The van der Waals surface area contributed by atoms with E-state index in [0.717, 1.165) is 0 Å². The Morgan fingerprint density at radius 2 is 1.93 bits per heavy atom. The molecule has 0 bridgehead atoms. The van der Waals surface area contributed by atoms with Crippen LogP contribution in [0.2, 0.25) is 0 Å². The predicted octanol–water partition coefficient (Wildman–Crippen LogP) is -3.08. The fraction of sp³-hybridized carbons (Fsp3) is 0.875. The largest absolute Gasteiger partial charge is 0.394 e. The van der Waals surface area contributed by atoms with E-state index in [1.54, 1.807) is 0 Å². The zero-order chi connectivity index (χ0) is 11.6. The Bertz CT molecular complexity index is 235. The van der Waals surface area contributed by atoms with Gasteiger partial charge in [-0.2, -0.15) is 0 Å². The minimum atomic E-state index is -1.45. The Kier molecular flexibility index (Phi) is 4.00. The molecule has 0 saturated carbocycles. The first-order valence-electron chi connectivity index (χ1n) is 4.55. The summed E-state index contributed by atoms with van der Waals surface area (Å²) in [5.41, 5.74) is 0. The smallest absolute Gasteiger partial charge is 0.217 e. The molecule has 1 aliphatic rings. The van der Waals surface area contributed by atoms with E-state index in [2.05, 4.69) is 5.32 Å². The Morgan fingerprint density at radius 3 is 2.40 bits per heavy atom. The van der Waals surface area contributed by atoms with Crippen LogP contribution >= 0.6 is 0 Å². The molecule has 0 aromatic heterocycles. The Morgan fingerprint density at radius 1 is 1.33 bits per heavy atom. The average Bonchev–Trinajstić information content (AvgIpc) is 2.18. The molecule has 1 amide bonds. The van der Waals surface area contributed by atoms with Crippen LogP contribution in [-0.4, -0.2) is 63.6 Å². The minimum Gasteiger partial charge on any atom is -0.394 e. The Hall–Kier alpha value is -0.730. The van der Waals surface area contributed by atoms with E-state index in [9.17, 15) is 20.1 Å². The van der Waals surface area contributed by atoms with Gasteiger partial charge in [0.25, 0.3) is 0 Å². The lowest BCUT2D eigenvalue weighted by molar-refractivity contribution is -0.253. The topological polar surface area (TPSA) is 119 Å². The van der Waals surface area contributed by atoms with Crippen molar-refractivity contribution in [3.63, 3.8) is 0 Å². The van der Waals surface area contributed by atoms with Gasteiger partial charge in [0, 0.05) is 6.92 Å². The van der Waals surface area contributed by atoms with Crippen LogP contribution in [0.15, 0.2) is 0 Å². The van der Waals surface area contributed by atoms with Crippen molar-refractivity contribution >= 4 is 5.91 Å². The first kappa shape index (κ1) is 12.3. The summed E-state index contributed by atoms with van der Waals surface area (Å²) in [6.07, 6.45) is -5.24. The van der Waals surface area contributed by atoms with Crippen LogP contribution < -0.4 is 5.32 Å². The number of aliphatic hydroxyl groups is 4. The highest BCUT2D eigenvalue weighted by atomic mass is 16.6. The number of nitrogens with one attached hydrogen (secondary N) is 1. The molecule has 88 valence electrons. The van der Waals surface area contributed by atoms with Crippen LogP contribution in [0, 0.1) is 0 Å². The molecular weight excluding hydrogens is 206 g/mol. The maximum Gasteiger partial charge on any atom is 0.217 e. The lowest BCUT2D eigenvalue weighted by Crippen LogP contribution is -2.63. The van der Waals surface area contributed by atoms with E-state index in [-0.39, 0.29) is 0 Å². The second kappa shape index (κ2) is 4.86. The van der Waals surface area contributed by atoms with Gasteiger partial charge in [-0.05, 0) is 0 Å². The summed E-state index contributed by atoms with van der Waals surface area (Å²) in [4.78, 5) is 10.7. The maximum atomic E-state index is 10.7. The summed E-state index contributed by atoms with van der Waals surface area (Å²) in [5.74, 6) is -0.462. The monoisotopic (exact) mass is 221 g/mol. The molecule has 1 aliphatic heterocycles. The number of aliphatic hydroxyl groups excluding tert-OH is 4. The van der Waals surface area contributed by atoms with E-state index in [1.807, 2.05) is 0 Å². The number of amides is 1. The second-order valence-corrected chi connectivity index (χ2v) is 3.46. The van der Waals surface area contributed by atoms with Gasteiger partial charge in [0.15, 0.2) is 6.29 Å². The number of hydrogen-bond donors (Lipinski definition) is 5. The lowest BCUT2D eigenvalue weighted by Gasteiger charge is -2.40. The molecule has 0 aromatic rings. The summed E-state index contributed by atoms with van der Waals surface area (Å²) < 4.78 is 4.81. The average molecular weight is 221 g/mol. The second-order valence-electron chi connectivity index (χ2n) is 3.46. The van der Waals surface area contributed by atoms with Crippen molar-refractivity contribution < 1.29 is 30.0 Å². The third kappa shape index (κ3) is 2.64. The maximum absolute atomic E-state index is 10.7. The summed E-state index contributed by atoms with van der Waals surface area (Å²) in [6, 6.07) is -1.10. The number of ether oxygens (including phenoxy) is 1. The van der Waals surface area contributed by atoms with Crippen LogP contribution in [0.5, 0.6) is 0 Å². The fourth-order valence-electron chi connectivity index (χ4n) is 1.49. The van der Waals surface area contributed by atoms with Crippen molar-refractivity contribution in [1.82, 2.24) is 5.32 Å². The van der Waals surface area contributed by atoms with Crippen LogP contribution in [0.4, 0.5) is 0 Å². The molecule has 0 radical (unpaired) electrons. The van der Waals surface area contributed by atoms with E-state index < -0.39 is 43.2 Å². The summed E-state index contributed by atoms with van der Waals surface area (Å²) in [5, 5.41) is 39.4. The fourth-order valence-corrected chi connectivity index (χ4v) is 1.49. The Labute approximate surface area is 86.3 Å². The van der Waals surface area contributed by atoms with Crippen molar-refractivity contribution in [2.75, 3.05) is 6.61 Å². The minimum absolute atomic E-state index is 0.462. The van der Waals surface area contributed by atoms with Gasteiger partial charge in [-0.1, -0.05) is 0 Å². The van der Waals surface area contributed by atoms with Gasteiger partial charge in [-0.25, -0.2) is 0 Å². The normalized spacial score (nSPS) is 41.3. The molecule has 0 aromatic carbocycles. The molecule has 1 rings (SSSR count). The zero-order valence-corrected chi connectivity index (χ0v) is 8.20. The molecule has 0 aliphatic carbocycles. The highest BCUT2D eigenvalue weighted by Gasteiger charge is 2.43. The lowest BCUT2D eigenvalue weighted by atomic mass is 9.97. The van der Waals surface area contributed by atoms with E-state index in [1.165, 1.54) is 6.92 Å². The highest BCUT2D eigenvalue weighted by Crippen LogP contribution is 2.19. The molecule has 2 unspecified atom stereocenters. The molecule has 15 heavy (non-hydrogen) atoms. The van der Waals surface area contributed by atoms with Gasteiger partial charge < -0.3 is 30.5 Å². The third-order valence-corrected chi connectivity index (χ3v) is 2.27. The van der Waals surface area contributed by atoms with Crippen molar-refractivity contribution in [3.05, 3.63) is 0 Å². The molecule has 5 atom stereocenters. The first-order chi connectivity index (χ1) is 6.97. The predicted molar refractivity (Wildman–Crippen MR) is 47.6 cm³/mol. The SMILES string of the molecule is CC(=O)NC1[C@H](O)OC(CO)[C@H](O)[C@H]1O. The van der Waals surface area contributed by atoms with Gasteiger partial charge >= 0.3 is 0 Å². The zero-order valence-electron chi connectivity index (χ0n) is 8.20. The van der Waals surface area contributed by atoms with Crippen molar-refractivity contribution in [2.45, 2.75) is 37.6 Å². The van der Waals surface area contributed by atoms with Gasteiger partial charge in [0.05, 0.1) is 6.61 Å². The van der Waals surface area contributed by atoms with Crippen LogP contribution in [0.25, 0.3) is 0 Å². The van der Waals surface area contributed by atoms with E-state index >= 15 is 0 Å². The number of carbonyl (C=O) groups excluding carboxylic acids is 1. The van der Waals surface area contributed by atoms with E-state index in [4.69, 9.17) is 9.84 Å². The Balaban J connectivity index is 2.70. The van der Waals surface area contributed by atoms with Gasteiger partial charge in [0.1, 0.15) is 24.4 Å². The summed E-state index contributed by atoms with van der Waals surface area (Å²) in [6.45, 7) is 0.687. The van der Waals surface area contributed by atoms with Gasteiger partial charge in [-0.15, -0.1) is 0 Å². The van der Waals surface area contributed by atoms with Crippen LogP contribution in [-0.2, 0) is 9.53 Å².